The first-order chi connectivity index (χ1) is 10.5. The van der Waals surface area contributed by atoms with Crippen LogP contribution in [-0.4, -0.2) is 50.8 Å². The number of nitrogens with zero attached hydrogens (tertiary/aromatic N) is 4. The maximum atomic E-state index is 13.9. The van der Waals surface area contributed by atoms with Crippen LogP contribution in [0.5, 0.6) is 0 Å². The minimum Gasteiger partial charge on any atom is -0.352 e. The molecule has 1 aliphatic heterocycles. The molecule has 14 nitrogen and oxygen atoms in total. The van der Waals surface area contributed by atoms with Crippen molar-refractivity contribution in [1.82, 2.24) is 0 Å². The molecule has 1 heterocycles. The molecule has 0 spiro atoms. The SMILES string of the molecule is CC(CO[C@H]1C[C@H](C(F)([N+](=O)[O-])[N+](=O)[O-])CO1)([N+](=O)[O-])[N+](=O)[O-]. The standard InChI is InChI=1S/C8H11FN4O10/c1-7(10(14)15,11(16)17)4-23-6-2-5(3-22-6)8(9,12(18)19)13(20)21/h5-6H,2-4H2,1H3/t5-,6-/m0/s1. The molecule has 0 aromatic rings. The Morgan fingerprint density at radius 1 is 1.09 bits per heavy atom. The number of hydrogen-bond donors (Lipinski definition) is 0. The average Bonchev–Trinajstić information content (AvgIpc) is 2.91. The van der Waals surface area contributed by atoms with Crippen LogP contribution in [-0.2, 0) is 9.47 Å². The highest BCUT2D eigenvalue weighted by molar-refractivity contribution is 4.76. The number of halogens is 1. The van der Waals surface area contributed by atoms with E-state index in [2.05, 4.69) is 0 Å². The van der Waals surface area contributed by atoms with E-state index >= 15 is 0 Å². The fourth-order valence-electron chi connectivity index (χ4n) is 1.75. The number of nitro groups is 4. The molecule has 0 saturated carbocycles. The predicted octanol–water partition coefficient (Wildman–Crippen LogP) is -0.188. The van der Waals surface area contributed by atoms with Crippen molar-refractivity contribution < 1.29 is 33.6 Å². The van der Waals surface area contributed by atoms with Gasteiger partial charge in [-0.1, -0.05) is 4.39 Å². The monoisotopic (exact) mass is 342 g/mol. The van der Waals surface area contributed by atoms with Crippen LogP contribution < -0.4 is 0 Å². The van der Waals surface area contributed by atoms with Crippen LogP contribution in [0.15, 0.2) is 0 Å². The molecule has 1 rings (SSSR count). The van der Waals surface area contributed by atoms with Gasteiger partial charge < -0.3 is 9.47 Å². The Morgan fingerprint density at radius 3 is 1.96 bits per heavy atom. The summed E-state index contributed by atoms with van der Waals surface area (Å²) in [7, 11) is 0. The first kappa shape index (κ1) is 18.5. The molecule has 130 valence electrons. The van der Waals surface area contributed by atoms with E-state index < -0.39 is 63.1 Å². The summed E-state index contributed by atoms with van der Waals surface area (Å²) in [6.45, 7) is -1.16. The average molecular weight is 342 g/mol. The van der Waals surface area contributed by atoms with Crippen LogP contribution >= 0.6 is 0 Å². The van der Waals surface area contributed by atoms with Gasteiger partial charge in [-0.25, -0.2) is 0 Å². The Morgan fingerprint density at radius 2 is 1.57 bits per heavy atom. The topological polar surface area (TPSA) is 191 Å². The lowest BCUT2D eigenvalue weighted by Crippen LogP contribution is -2.49. The summed E-state index contributed by atoms with van der Waals surface area (Å²) in [6.07, 6.45) is -2.14. The third kappa shape index (κ3) is 3.29. The van der Waals surface area contributed by atoms with Crippen molar-refractivity contribution in [3.05, 3.63) is 40.5 Å². The molecule has 2 atom stereocenters. The highest BCUT2D eigenvalue weighted by Gasteiger charge is 2.67. The van der Waals surface area contributed by atoms with E-state index in [-0.39, 0.29) is 0 Å². The van der Waals surface area contributed by atoms with Crippen LogP contribution in [0.3, 0.4) is 0 Å². The fourth-order valence-corrected chi connectivity index (χ4v) is 1.75. The minimum absolute atomic E-state index is 0.660. The molecule has 0 radical (unpaired) electrons. The van der Waals surface area contributed by atoms with Crippen molar-refractivity contribution in [2.24, 2.45) is 5.92 Å². The van der Waals surface area contributed by atoms with Crippen LogP contribution in [0, 0.1) is 46.4 Å². The zero-order chi connectivity index (χ0) is 18.0. The van der Waals surface area contributed by atoms with E-state index in [1.54, 1.807) is 0 Å². The molecule has 0 aromatic heterocycles. The predicted molar refractivity (Wildman–Crippen MR) is 64.0 cm³/mol. The Hall–Kier alpha value is -2.55. The number of hydrogen-bond acceptors (Lipinski definition) is 10. The van der Waals surface area contributed by atoms with E-state index in [0.29, 0.717) is 6.92 Å². The maximum Gasteiger partial charge on any atom is 0.619 e. The molecule has 0 amide bonds. The number of alkyl halides is 1. The summed E-state index contributed by atoms with van der Waals surface area (Å²) in [5.74, 6) is -5.82. The summed E-state index contributed by atoms with van der Waals surface area (Å²) in [4.78, 5) is 36.6. The zero-order valence-electron chi connectivity index (χ0n) is 11.5. The minimum atomic E-state index is -4.01. The van der Waals surface area contributed by atoms with Gasteiger partial charge in [-0.15, -0.1) is 0 Å². The highest BCUT2D eigenvalue weighted by Crippen LogP contribution is 2.34. The third-order valence-electron chi connectivity index (χ3n) is 3.32. The van der Waals surface area contributed by atoms with Crippen LogP contribution in [0.4, 0.5) is 4.39 Å². The highest BCUT2D eigenvalue weighted by atomic mass is 19.2. The van der Waals surface area contributed by atoms with Crippen molar-refractivity contribution in [2.45, 2.75) is 31.2 Å². The molecule has 0 unspecified atom stereocenters. The van der Waals surface area contributed by atoms with Crippen LogP contribution in [0.1, 0.15) is 13.3 Å². The molecule has 1 fully saturated rings. The van der Waals surface area contributed by atoms with Gasteiger partial charge in [0.25, 0.3) is 0 Å². The van der Waals surface area contributed by atoms with Crippen molar-refractivity contribution in [3.8, 4) is 0 Å². The zero-order valence-corrected chi connectivity index (χ0v) is 11.5. The van der Waals surface area contributed by atoms with Crippen molar-refractivity contribution in [2.75, 3.05) is 13.2 Å². The van der Waals surface area contributed by atoms with E-state index in [1.807, 2.05) is 0 Å². The van der Waals surface area contributed by atoms with Gasteiger partial charge in [-0.3, -0.25) is 40.5 Å². The van der Waals surface area contributed by atoms with E-state index in [0.717, 1.165) is 0 Å². The van der Waals surface area contributed by atoms with Gasteiger partial charge in [-0.05, 0) is 0 Å². The first-order valence-corrected chi connectivity index (χ1v) is 5.96. The summed E-state index contributed by atoms with van der Waals surface area (Å²) in [5.41, 5.74) is -2.71. The summed E-state index contributed by atoms with van der Waals surface area (Å²) >= 11 is 0. The number of ether oxygens (including phenoxy) is 2. The summed E-state index contributed by atoms with van der Waals surface area (Å²) in [6, 6.07) is 0. The quantitative estimate of drug-likeness (QED) is 0.247. The van der Waals surface area contributed by atoms with E-state index in [4.69, 9.17) is 9.47 Å². The molecule has 23 heavy (non-hydrogen) atoms. The van der Waals surface area contributed by atoms with Gasteiger partial charge in [0.2, 0.25) is 0 Å². The maximum absolute atomic E-state index is 13.9. The molecule has 0 bridgehead atoms. The van der Waals surface area contributed by atoms with Crippen molar-refractivity contribution in [3.63, 3.8) is 0 Å². The molecular weight excluding hydrogens is 331 g/mol. The Labute approximate surface area is 125 Å². The van der Waals surface area contributed by atoms with Crippen molar-refractivity contribution in [1.29, 1.82) is 0 Å². The molecular formula is C8H11FN4O10. The lowest BCUT2D eigenvalue weighted by Gasteiger charge is -2.16. The van der Waals surface area contributed by atoms with E-state index in [1.165, 1.54) is 0 Å². The van der Waals surface area contributed by atoms with Gasteiger partial charge in [-0.2, -0.15) is 0 Å². The number of rotatable bonds is 8. The van der Waals surface area contributed by atoms with Crippen molar-refractivity contribution >= 4 is 0 Å². The van der Waals surface area contributed by atoms with Gasteiger partial charge >= 0.3 is 11.6 Å². The molecule has 1 aliphatic rings. The van der Waals surface area contributed by atoms with Crippen LogP contribution in [0.2, 0.25) is 0 Å². The van der Waals surface area contributed by atoms with Crippen LogP contribution in [0.25, 0.3) is 0 Å². The first-order valence-electron chi connectivity index (χ1n) is 5.96. The molecule has 0 aliphatic carbocycles. The Kier molecular flexibility index (Phi) is 5.06. The van der Waals surface area contributed by atoms with E-state index in [9.17, 15) is 44.8 Å². The lowest BCUT2D eigenvalue weighted by molar-refractivity contribution is -0.841. The lowest BCUT2D eigenvalue weighted by atomic mass is 10.0. The van der Waals surface area contributed by atoms with Gasteiger partial charge in [0.1, 0.15) is 19.7 Å². The van der Waals surface area contributed by atoms with Gasteiger partial charge in [0, 0.05) is 6.42 Å². The summed E-state index contributed by atoms with van der Waals surface area (Å²) in [5, 5.41) is 42.5. The summed E-state index contributed by atoms with van der Waals surface area (Å²) < 4.78 is 23.4. The Balaban J connectivity index is 2.75. The van der Waals surface area contributed by atoms with Gasteiger partial charge in [0.05, 0.1) is 13.5 Å². The molecule has 1 saturated heterocycles. The third-order valence-corrected chi connectivity index (χ3v) is 3.32. The van der Waals surface area contributed by atoms with Gasteiger partial charge in [0.15, 0.2) is 18.8 Å². The second kappa shape index (κ2) is 6.29. The molecule has 0 aromatic carbocycles. The Bertz CT molecular complexity index is 513. The second-order valence-electron chi connectivity index (χ2n) is 4.89. The molecule has 15 heteroatoms. The normalized spacial score (nSPS) is 21.8. The largest absolute Gasteiger partial charge is 0.619 e. The smallest absolute Gasteiger partial charge is 0.352 e. The second-order valence-corrected chi connectivity index (χ2v) is 4.89. The molecule has 0 N–H and O–H groups in total. The fraction of sp³-hybridized carbons (Fsp3) is 1.00.